The summed E-state index contributed by atoms with van der Waals surface area (Å²) in [5, 5.41) is 3.55. The maximum Gasteiger partial charge on any atom is 0.118 e. The summed E-state index contributed by atoms with van der Waals surface area (Å²) < 4.78 is 5.25. The van der Waals surface area contributed by atoms with Gasteiger partial charge in [0.25, 0.3) is 0 Å². The minimum Gasteiger partial charge on any atom is -0.497 e. The molecule has 106 valence electrons. The van der Waals surface area contributed by atoms with Gasteiger partial charge in [-0.15, -0.1) is 0 Å². The lowest BCUT2D eigenvalue weighted by Gasteiger charge is -2.37. The van der Waals surface area contributed by atoms with Gasteiger partial charge in [0, 0.05) is 6.04 Å². The number of rotatable bonds is 5. The molecule has 0 bridgehead atoms. The first kappa shape index (κ1) is 14.4. The zero-order valence-electron chi connectivity index (χ0n) is 12.5. The lowest BCUT2D eigenvalue weighted by Crippen LogP contribution is -2.32. The molecule has 1 aromatic carbocycles. The fourth-order valence-electron chi connectivity index (χ4n) is 3.62. The lowest BCUT2D eigenvalue weighted by atomic mass is 9.72. The van der Waals surface area contributed by atoms with Crippen LogP contribution in [-0.2, 0) is 0 Å². The molecule has 1 aliphatic rings. The summed E-state index contributed by atoms with van der Waals surface area (Å²) in [6.07, 6.45) is 6.86. The molecule has 19 heavy (non-hydrogen) atoms. The molecule has 3 unspecified atom stereocenters. The SMILES string of the molecule is CCC1CCCCC1C(NC)c1ccc(OC)cc1. The largest absolute Gasteiger partial charge is 0.497 e. The van der Waals surface area contributed by atoms with Crippen LogP contribution >= 0.6 is 0 Å². The second kappa shape index (κ2) is 6.95. The van der Waals surface area contributed by atoms with Gasteiger partial charge in [0.2, 0.25) is 0 Å². The number of hydrogen-bond acceptors (Lipinski definition) is 2. The Hall–Kier alpha value is -1.02. The Morgan fingerprint density at radius 3 is 2.47 bits per heavy atom. The van der Waals surface area contributed by atoms with E-state index in [1.807, 2.05) is 0 Å². The molecule has 0 aliphatic heterocycles. The molecule has 1 fully saturated rings. The molecular weight excluding hydrogens is 234 g/mol. The molecule has 0 amide bonds. The standard InChI is InChI=1S/C17H27NO/c1-4-13-7-5-6-8-16(13)17(18-2)14-9-11-15(19-3)12-10-14/h9-13,16-18H,4-8H2,1-3H3. The summed E-state index contributed by atoms with van der Waals surface area (Å²) in [5.74, 6) is 2.58. The molecular formula is C17H27NO. The molecule has 1 saturated carbocycles. The average Bonchev–Trinajstić information content (AvgIpc) is 2.49. The third kappa shape index (κ3) is 3.30. The van der Waals surface area contributed by atoms with Crippen LogP contribution in [0.15, 0.2) is 24.3 Å². The van der Waals surface area contributed by atoms with Gasteiger partial charge in [-0.1, -0.05) is 44.7 Å². The fourth-order valence-corrected chi connectivity index (χ4v) is 3.62. The van der Waals surface area contributed by atoms with Gasteiger partial charge >= 0.3 is 0 Å². The average molecular weight is 261 g/mol. The molecule has 2 rings (SSSR count). The van der Waals surface area contributed by atoms with E-state index in [4.69, 9.17) is 4.74 Å². The van der Waals surface area contributed by atoms with E-state index < -0.39 is 0 Å². The van der Waals surface area contributed by atoms with Crippen LogP contribution in [0.1, 0.15) is 50.6 Å². The molecule has 3 atom stereocenters. The summed E-state index contributed by atoms with van der Waals surface area (Å²) in [6.45, 7) is 2.34. The van der Waals surface area contributed by atoms with Gasteiger partial charge in [-0.05, 0) is 43.0 Å². The Morgan fingerprint density at radius 2 is 1.89 bits per heavy atom. The van der Waals surface area contributed by atoms with Crippen molar-refractivity contribution in [1.29, 1.82) is 0 Å². The Bertz CT molecular complexity index is 373. The molecule has 1 N–H and O–H groups in total. The molecule has 2 nitrogen and oxygen atoms in total. The first-order valence-corrected chi connectivity index (χ1v) is 7.61. The van der Waals surface area contributed by atoms with Crippen molar-refractivity contribution in [2.75, 3.05) is 14.2 Å². The highest BCUT2D eigenvalue weighted by Crippen LogP contribution is 2.40. The van der Waals surface area contributed by atoms with Crippen LogP contribution in [0, 0.1) is 11.8 Å². The number of nitrogens with one attached hydrogen (secondary N) is 1. The number of hydrogen-bond donors (Lipinski definition) is 1. The highest BCUT2D eigenvalue weighted by atomic mass is 16.5. The van der Waals surface area contributed by atoms with Crippen LogP contribution in [-0.4, -0.2) is 14.2 Å². The van der Waals surface area contributed by atoms with Crippen molar-refractivity contribution in [2.24, 2.45) is 11.8 Å². The summed E-state index contributed by atoms with van der Waals surface area (Å²) >= 11 is 0. The van der Waals surface area contributed by atoms with Gasteiger partial charge in [0.05, 0.1) is 7.11 Å². The highest BCUT2D eigenvalue weighted by molar-refractivity contribution is 5.29. The first-order chi connectivity index (χ1) is 9.30. The van der Waals surface area contributed by atoms with Crippen LogP contribution in [0.3, 0.4) is 0 Å². The lowest BCUT2D eigenvalue weighted by molar-refractivity contribution is 0.180. The summed E-state index contributed by atoms with van der Waals surface area (Å²) in [5.41, 5.74) is 1.40. The number of benzene rings is 1. The third-order valence-corrected chi connectivity index (χ3v) is 4.71. The van der Waals surface area contributed by atoms with Crippen LogP contribution in [0.25, 0.3) is 0 Å². The fraction of sp³-hybridized carbons (Fsp3) is 0.647. The quantitative estimate of drug-likeness (QED) is 0.859. The maximum atomic E-state index is 5.25. The van der Waals surface area contributed by atoms with E-state index in [2.05, 4.69) is 43.6 Å². The van der Waals surface area contributed by atoms with Gasteiger partial charge in [0.1, 0.15) is 5.75 Å². The van der Waals surface area contributed by atoms with E-state index in [0.29, 0.717) is 6.04 Å². The number of methoxy groups -OCH3 is 1. The topological polar surface area (TPSA) is 21.3 Å². The van der Waals surface area contributed by atoms with Crippen molar-refractivity contribution in [3.63, 3.8) is 0 Å². The second-order valence-corrected chi connectivity index (χ2v) is 5.66. The van der Waals surface area contributed by atoms with Gasteiger partial charge in [0.15, 0.2) is 0 Å². The Balaban J connectivity index is 2.17. The van der Waals surface area contributed by atoms with E-state index in [1.54, 1.807) is 7.11 Å². The smallest absolute Gasteiger partial charge is 0.118 e. The van der Waals surface area contributed by atoms with E-state index >= 15 is 0 Å². The second-order valence-electron chi connectivity index (χ2n) is 5.66. The van der Waals surface area contributed by atoms with E-state index in [1.165, 1.54) is 37.7 Å². The van der Waals surface area contributed by atoms with Crippen LogP contribution in [0.4, 0.5) is 0 Å². The molecule has 0 spiro atoms. The zero-order chi connectivity index (χ0) is 13.7. The Morgan fingerprint density at radius 1 is 1.21 bits per heavy atom. The van der Waals surface area contributed by atoms with Crippen LogP contribution in [0.2, 0.25) is 0 Å². The van der Waals surface area contributed by atoms with Gasteiger partial charge in [-0.2, -0.15) is 0 Å². The van der Waals surface area contributed by atoms with Crippen molar-refractivity contribution in [1.82, 2.24) is 5.32 Å². The van der Waals surface area contributed by atoms with E-state index in [-0.39, 0.29) is 0 Å². The summed E-state index contributed by atoms with van der Waals surface area (Å²) in [4.78, 5) is 0. The van der Waals surface area contributed by atoms with Crippen molar-refractivity contribution < 1.29 is 4.74 Å². The summed E-state index contributed by atoms with van der Waals surface area (Å²) in [7, 11) is 3.81. The first-order valence-electron chi connectivity index (χ1n) is 7.61. The minimum absolute atomic E-state index is 0.483. The molecule has 0 aromatic heterocycles. The molecule has 2 heteroatoms. The number of ether oxygens (including phenoxy) is 1. The molecule has 1 aliphatic carbocycles. The molecule has 0 radical (unpaired) electrons. The molecule has 0 heterocycles. The summed E-state index contributed by atoms with van der Waals surface area (Å²) in [6, 6.07) is 9.05. The van der Waals surface area contributed by atoms with Crippen molar-refractivity contribution in [3.8, 4) is 5.75 Å². The Labute approximate surface area is 117 Å². The molecule has 1 aromatic rings. The monoisotopic (exact) mass is 261 g/mol. The van der Waals surface area contributed by atoms with Gasteiger partial charge in [-0.3, -0.25) is 0 Å². The normalized spacial score (nSPS) is 25.0. The Kier molecular flexibility index (Phi) is 5.26. The van der Waals surface area contributed by atoms with E-state index in [9.17, 15) is 0 Å². The van der Waals surface area contributed by atoms with E-state index in [0.717, 1.165) is 17.6 Å². The minimum atomic E-state index is 0.483. The highest BCUT2D eigenvalue weighted by Gasteiger charge is 2.30. The van der Waals surface area contributed by atoms with Gasteiger partial charge < -0.3 is 10.1 Å². The predicted molar refractivity (Wildman–Crippen MR) is 80.5 cm³/mol. The van der Waals surface area contributed by atoms with Gasteiger partial charge in [-0.25, -0.2) is 0 Å². The van der Waals surface area contributed by atoms with Crippen molar-refractivity contribution >= 4 is 0 Å². The third-order valence-electron chi connectivity index (χ3n) is 4.71. The van der Waals surface area contributed by atoms with Crippen molar-refractivity contribution in [3.05, 3.63) is 29.8 Å². The van der Waals surface area contributed by atoms with Crippen molar-refractivity contribution in [2.45, 2.75) is 45.1 Å². The van der Waals surface area contributed by atoms with Crippen LogP contribution in [0.5, 0.6) is 5.75 Å². The molecule has 0 saturated heterocycles. The predicted octanol–water partition coefficient (Wildman–Crippen LogP) is 4.17. The van der Waals surface area contributed by atoms with Crippen LogP contribution < -0.4 is 10.1 Å². The zero-order valence-corrected chi connectivity index (χ0v) is 12.5. The maximum absolute atomic E-state index is 5.25.